The molecule has 3 heterocycles. The highest BCUT2D eigenvalue weighted by molar-refractivity contribution is 5.60. The van der Waals surface area contributed by atoms with Crippen molar-refractivity contribution in [1.82, 2.24) is 9.30 Å². The largest absolute Gasteiger partial charge is 0.508 e. The van der Waals surface area contributed by atoms with Gasteiger partial charge in [-0.15, -0.1) is 0 Å². The molecular weight excluding hydrogens is 212 g/mol. The standard InChI is InChI=1S/C14H18N2O/c1-15-6-2-11(3-7-15)13-5-9-16-8-4-12(17)10-14(13)16/h4-5,8-11,17H,2-3,6-7H2,1H3. The minimum atomic E-state index is 0.352. The Hall–Kier alpha value is -1.48. The van der Waals surface area contributed by atoms with E-state index in [0.29, 0.717) is 11.7 Å². The smallest absolute Gasteiger partial charge is 0.119 e. The molecule has 0 spiro atoms. The first-order valence-electron chi connectivity index (χ1n) is 6.22. The Balaban J connectivity index is 1.97. The number of aromatic hydroxyl groups is 1. The number of piperidine rings is 1. The van der Waals surface area contributed by atoms with E-state index in [9.17, 15) is 5.11 Å². The normalized spacial score (nSPS) is 18.9. The van der Waals surface area contributed by atoms with E-state index in [0.717, 1.165) is 5.52 Å². The highest BCUT2D eigenvalue weighted by Gasteiger charge is 2.20. The summed E-state index contributed by atoms with van der Waals surface area (Å²) in [5.41, 5.74) is 2.54. The van der Waals surface area contributed by atoms with Gasteiger partial charge in [0.15, 0.2) is 0 Å². The predicted octanol–water partition coefficient (Wildman–Crippen LogP) is 2.45. The zero-order valence-corrected chi connectivity index (χ0v) is 10.1. The van der Waals surface area contributed by atoms with Crippen LogP contribution >= 0.6 is 0 Å². The zero-order valence-electron chi connectivity index (χ0n) is 10.1. The second kappa shape index (κ2) is 4.08. The summed E-state index contributed by atoms with van der Waals surface area (Å²) in [4.78, 5) is 2.38. The average molecular weight is 230 g/mol. The minimum absolute atomic E-state index is 0.352. The summed E-state index contributed by atoms with van der Waals surface area (Å²) in [5.74, 6) is 0.989. The first-order valence-corrected chi connectivity index (χ1v) is 6.22. The number of rotatable bonds is 1. The molecule has 0 radical (unpaired) electrons. The van der Waals surface area contributed by atoms with Crippen molar-refractivity contribution in [2.45, 2.75) is 18.8 Å². The summed E-state index contributed by atoms with van der Waals surface area (Å²) in [7, 11) is 2.18. The van der Waals surface area contributed by atoms with Gasteiger partial charge in [0, 0.05) is 18.5 Å². The molecule has 2 aromatic heterocycles. The number of pyridine rings is 1. The number of hydrogen-bond acceptors (Lipinski definition) is 2. The van der Waals surface area contributed by atoms with Gasteiger partial charge < -0.3 is 14.4 Å². The summed E-state index contributed by atoms with van der Waals surface area (Å²) in [6.07, 6.45) is 6.43. The monoisotopic (exact) mass is 230 g/mol. The fraction of sp³-hybridized carbons (Fsp3) is 0.429. The quantitative estimate of drug-likeness (QED) is 0.815. The summed E-state index contributed by atoms with van der Waals surface area (Å²) in [5, 5.41) is 9.59. The molecular formula is C14H18N2O. The van der Waals surface area contributed by atoms with E-state index >= 15 is 0 Å². The highest BCUT2D eigenvalue weighted by Crippen LogP contribution is 2.32. The van der Waals surface area contributed by atoms with Gasteiger partial charge in [-0.05, 0) is 56.6 Å². The predicted molar refractivity (Wildman–Crippen MR) is 68.5 cm³/mol. The van der Waals surface area contributed by atoms with Gasteiger partial charge in [0.25, 0.3) is 0 Å². The molecule has 1 N–H and O–H groups in total. The average Bonchev–Trinajstić information content (AvgIpc) is 2.73. The number of likely N-dealkylation sites (tertiary alicyclic amines) is 1. The van der Waals surface area contributed by atoms with E-state index in [1.54, 1.807) is 6.07 Å². The molecule has 0 amide bonds. The van der Waals surface area contributed by atoms with Crippen LogP contribution in [0.5, 0.6) is 5.75 Å². The van der Waals surface area contributed by atoms with Gasteiger partial charge in [0.1, 0.15) is 5.75 Å². The number of nitrogens with zero attached hydrogens (tertiary/aromatic N) is 2. The van der Waals surface area contributed by atoms with Crippen LogP contribution in [0.2, 0.25) is 0 Å². The Bertz CT molecular complexity index is 524. The van der Waals surface area contributed by atoms with Gasteiger partial charge in [-0.2, -0.15) is 0 Å². The van der Waals surface area contributed by atoms with Crippen LogP contribution in [0.25, 0.3) is 5.52 Å². The molecule has 0 aliphatic carbocycles. The van der Waals surface area contributed by atoms with Crippen LogP contribution in [0.15, 0.2) is 30.6 Å². The second-order valence-electron chi connectivity index (χ2n) is 5.03. The molecule has 1 aliphatic rings. The van der Waals surface area contributed by atoms with E-state index in [1.165, 1.54) is 31.5 Å². The fourth-order valence-electron chi connectivity index (χ4n) is 2.77. The van der Waals surface area contributed by atoms with Gasteiger partial charge in [-0.1, -0.05) is 0 Å². The van der Waals surface area contributed by atoms with Gasteiger partial charge in [-0.3, -0.25) is 0 Å². The molecule has 3 heteroatoms. The lowest BCUT2D eigenvalue weighted by Gasteiger charge is -2.28. The number of fused-ring (bicyclic) bond motifs is 1. The van der Waals surface area contributed by atoms with Gasteiger partial charge in [0.2, 0.25) is 0 Å². The second-order valence-corrected chi connectivity index (χ2v) is 5.03. The third-order valence-electron chi connectivity index (χ3n) is 3.84. The molecule has 2 aromatic rings. The molecule has 17 heavy (non-hydrogen) atoms. The van der Waals surface area contributed by atoms with E-state index in [1.807, 2.05) is 12.3 Å². The topological polar surface area (TPSA) is 27.9 Å². The van der Waals surface area contributed by atoms with Crippen molar-refractivity contribution in [3.05, 3.63) is 36.2 Å². The molecule has 1 fully saturated rings. The lowest BCUT2D eigenvalue weighted by molar-refractivity contribution is 0.256. The first-order chi connectivity index (χ1) is 8.24. The summed E-state index contributed by atoms with van der Waals surface area (Å²) < 4.78 is 2.09. The summed E-state index contributed by atoms with van der Waals surface area (Å²) in [6, 6.07) is 5.80. The lowest BCUT2D eigenvalue weighted by Crippen LogP contribution is -2.29. The molecule has 90 valence electrons. The Morgan fingerprint density at radius 1 is 1.18 bits per heavy atom. The maximum Gasteiger partial charge on any atom is 0.119 e. The molecule has 0 unspecified atom stereocenters. The van der Waals surface area contributed by atoms with Crippen molar-refractivity contribution in [1.29, 1.82) is 0 Å². The highest BCUT2D eigenvalue weighted by atomic mass is 16.3. The van der Waals surface area contributed by atoms with Crippen molar-refractivity contribution in [2.24, 2.45) is 0 Å². The third kappa shape index (κ3) is 1.91. The van der Waals surface area contributed by atoms with Gasteiger partial charge >= 0.3 is 0 Å². The third-order valence-corrected chi connectivity index (χ3v) is 3.84. The van der Waals surface area contributed by atoms with Crippen LogP contribution < -0.4 is 0 Å². The SMILES string of the molecule is CN1CCC(c2ccn3ccc(O)cc23)CC1. The molecule has 1 aliphatic heterocycles. The van der Waals surface area contributed by atoms with Crippen molar-refractivity contribution >= 4 is 5.52 Å². The van der Waals surface area contributed by atoms with Gasteiger partial charge in [0.05, 0.1) is 5.52 Å². The van der Waals surface area contributed by atoms with Crippen LogP contribution in [-0.4, -0.2) is 34.5 Å². The maximum atomic E-state index is 9.59. The Labute approximate surface area is 101 Å². The maximum absolute atomic E-state index is 9.59. The minimum Gasteiger partial charge on any atom is -0.508 e. The molecule has 3 nitrogen and oxygen atoms in total. The van der Waals surface area contributed by atoms with Crippen LogP contribution in [0.1, 0.15) is 24.3 Å². The molecule has 0 saturated carbocycles. The lowest BCUT2D eigenvalue weighted by atomic mass is 9.90. The number of aromatic nitrogens is 1. The van der Waals surface area contributed by atoms with E-state index in [-0.39, 0.29) is 0 Å². The molecule has 3 rings (SSSR count). The Morgan fingerprint density at radius 2 is 1.88 bits per heavy atom. The van der Waals surface area contributed by atoms with E-state index in [2.05, 4.69) is 28.6 Å². The van der Waals surface area contributed by atoms with Crippen molar-refractivity contribution in [3.8, 4) is 5.75 Å². The van der Waals surface area contributed by atoms with E-state index < -0.39 is 0 Å². The molecule has 0 atom stereocenters. The fourth-order valence-corrected chi connectivity index (χ4v) is 2.77. The van der Waals surface area contributed by atoms with Crippen LogP contribution in [0, 0.1) is 0 Å². The summed E-state index contributed by atoms with van der Waals surface area (Å²) >= 11 is 0. The first kappa shape index (κ1) is 10.7. The van der Waals surface area contributed by atoms with Crippen LogP contribution in [0.3, 0.4) is 0 Å². The Morgan fingerprint density at radius 3 is 2.65 bits per heavy atom. The van der Waals surface area contributed by atoms with Crippen LogP contribution in [0.4, 0.5) is 0 Å². The molecule has 0 bridgehead atoms. The molecule has 0 aromatic carbocycles. The van der Waals surface area contributed by atoms with E-state index in [4.69, 9.17) is 0 Å². The van der Waals surface area contributed by atoms with Crippen molar-refractivity contribution in [2.75, 3.05) is 20.1 Å². The zero-order chi connectivity index (χ0) is 11.8. The summed E-state index contributed by atoms with van der Waals surface area (Å²) in [6.45, 7) is 2.33. The van der Waals surface area contributed by atoms with Crippen LogP contribution in [-0.2, 0) is 0 Å². The van der Waals surface area contributed by atoms with Crippen molar-refractivity contribution in [3.63, 3.8) is 0 Å². The molecule has 1 saturated heterocycles. The van der Waals surface area contributed by atoms with Gasteiger partial charge in [-0.25, -0.2) is 0 Å². The Kier molecular flexibility index (Phi) is 2.56. The number of hydrogen-bond donors (Lipinski definition) is 1. The van der Waals surface area contributed by atoms with Crippen molar-refractivity contribution < 1.29 is 5.11 Å².